The van der Waals surface area contributed by atoms with E-state index in [-0.39, 0.29) is 5.82 Å². The molecule has 0 nitrogen and oxygen atoms in total. The molecule has 2 aromatic carbocycles. The van der Waals surface area contributed by atoms with Gasteiger partial charge < -0.3 is 0 Å². The summed E-state index contributed by atoms with van der Waals surface area (Å²) < 4.78 is 53.1. The maximum atomic E-state index is 14.8. The minimum Gasteiger partial charge on any atom is -0.206 e. The highest BCUT2D eigenvalue weighted by molar-refractivity contribution is 5.65. The molecule has 0 aliphatic heterocycles. The van der Waals surface area contributed by atoms with Crippen LogP contribution >= 0.6 is 0 Å². The van der Waals surface area contributed by atoms with Gasteiger partial charge in [0.1, 0.15) is 5.82 Å². The van der Waals surface area contributed by atoms with Crippen molar-refractivity contribution < 1.29 is 17.6 Å². The van der Waals surface area contributed by atoms with Crippen molar-refractivity contribution in [2.24, 2.45) is 5.92 Å². The van der Waals surface area contributed by atoms with Gasteiger partial charge >= 0.3 is 6.18 Å². The average Bonchev–Trinajstić information content (AvgIpc) is 2.78. The second-order valence-electron chi connectivity index (χ2n) is 9.44. The number of hydrogen-bond donors (Lipinski definition) is 0. The second-order valence-corrected chi connectivity index (χ2v) is 9.44. The summed E-state index contributed by atoms with van der Waals surface area (Å²) in [5, 5.41) is 0. The van der Waals surface area contributed by atoms with E-state index in [4.69, 9.17) is 0 Å². The van der Waals surface area contributed by atoms with Gasteiger partial charge in [-0.15, -0.1) is 0 Å². The van der Waals surface area contributed by atoms with Crippen LogP contribution in [0.3, 0.4) is 0 Å². The predicted octanol–water partition coefficient (Wildman–Crippen LogP) is 9.93. The second kappa shape index (κ2) is 11.9. The first kappa shape index (κ1) is 24.8. The van der Waals surface area contributed by atoms with Crippen LogP contribution in [0.2, 0.25) is 0 Å². The normalized spacial score (nSPS) is 19.3. The molecule has 32 heavy (non-hydrogen) atoms. The summed E-state index contributed by atoms with van der Waals surface area (Å²) in [4.78, 5) is 0. The van der Waals surface area contributed by atoms with E-state index >= 15 is 0 Å². The maximum absolute atomic E-state index is 14.8. The van der Waals surface area contributed by atoms with Crippen molar-refractivity contribution in [1.82, 2.24) is 0 Å². The van der Waals surface area contributed by atoms with Crippen LogP contribution in [0.25, 0.3) is 11.1 Å². The van der Waals surface area contributed by atoms with E-state index < -0.39 is 11.7 Å². The molecule has 176 valence electrons. The first-order valence-electron chi connectivity index (χ1n) is 12.4. The van der Waals surface area contributed by atoms with Crippen LogP contribution in [0.15, 0.2) is 42.5 Å². The Labute approximate surface area is 190 Å². The first-order chi connectivity index (χ1) is 15.4. The highest BCUT2D eigenvalue weighted by Crippen LogP contribution is 2.39. The lowest BCUT2D eigenvalue weighted by Crippen LogP contribution is -2.13. The molecule has 3 rings (SSSR count). The molecular weight excluding hydrogens is 412 g/mol. The molecule has 0 spiro atoms. The van der Waals surface area contributed by atoms with Crippen molar-refractivity contribution in [3.63, 3.8) is 0 Å². The Morgan fingerprint density at radius 1 is 0.781 bits per heavy atom. The molecule has 1 aliphatic rings. The fraction of sp³-hybridized carbons (Fsp3) is 0.571. The van der Waals surface area contributed by atoms with Gasteiger partial charge in [0.15, 0.2) is 0 Å². The highest BCUT2D eigenvalue weighted by atomic mass is 19.4. The Hall–Kier alpha value is -1.84. The van der Waals surface area contributed by atoms with Gasteiger partial charge in [-0.1, -0.05) is 82.6 Å². The lowest BCUT2D eigenvalue weighted by atomic mass is 9.77. The van der Waals surface area contributed by atoms with Crippen molar-refractivity contribution in [3.8, 4) is 11.1 Å². The van der Waals surface area contributed by atoms with Crippen LogP contribution in [0, 0.1) is 11.7 Å². The molecule has 1 aliphatic carbocycles. The SMILES string of the molecule is CCCCCCCCC[C@H]1CC[C@H](c2ccc(-c3ccc(C(F)(F)F)cc3)c(F)c2)CC1. The summed E-state index contributed by atoms with van der Waals surface area (Å²) in [6.45, 7) is 2.25. The van der Waals surface area contributed by atoms with Crippen molar-refractivity contribution in [2.45, 2.75) is 96.1 Å². The molecule has 4 heteroatoms. The maximum Gasteiger partial charge on any atom is 0.416 e. The zero-order valence-corrected chi connectivity index (χ0v) is 19.2. The zero-order chi connectivity index (χ0) is 23.0. The number of alkyl halides is 3. The van der Waals surface area contributed by atoms with Gasteiger partial charge in [0, 0.05) is 5.56 Å². The van der Waals surface area contributed by atoms with Gasteiger partial charge in [0.05, 0.1) is 5.56 Å². The van der Waals surface area contributed by atoms with E-state index in [2.05, 4.69) is 6.92 Å². The van der Waals surface area contributed by atoms with E-state index in [9.17, 15) is 17.6 Å². The molecule has 1 saturated carbocycles. The summed E-state index contributed by atoms with van der Waals surface area (Å²) in [6.07, 6.45) is 11.0. The third-order valence-corrected chi connectivity index (χ3v) is 7.05. The number of unbranched alkanes of at least 4 members (excludes halogenated alkanes) is 6. The molecular formula is C28H36F4. The molecule has 0 aromatic heterocycles. The van der Waals surface area contributed by atoms with Crippen molar-refractivity contribution in [2.75, 3.05) is 0 Å². The fourth-order valence-electron chi connectivity index (χ4n) is 5.03. The van der Waals surface area contributed by atoms with Crippen LogP contribution in [0.5, 0.6) is 0 Å². The van der Waals surface area contributed by atoms with E-state index in [0.717, 1.165) is 36.5 Å². The van der Waals surface area contributed by atoms with Gasteiger partial charge in [0.25, 0.3) is 0 Å². The van der Waals surface area contributed by atoms with Crippen LogP contribution < -0.4 is 0 Å². The van der Waals surface area contributed by atoms with Gasteiger partial charge in [-0.3, -0.25) is 0 Å². The number of benzene rings is 2. The lowest BCUT2D eigenvalue weighted by Gasteiger charge is -2.29. The minimum absolute atomic E-state index is 0.354. The molecule has 2 aromatic rings. The van der Waals surface area contributed by atoms with E-state index in [0.29, 0.717) is 17.0 Å². The van der Waals surface area contributed by atoms with E-state index in [1.807, 2.05) is 6.07 Å². The van der Waals surface area contributed by atoms with Crippen molar-refractivity contribution in [1.29, 1.82) is 0 Å². The Kier molecular flexibility index (Phi) is 9.19. The van der Waals surface area contributed by atoms with Gasteiger partial charge in [-0.2, -0.15) is 13.2 Å². The Morgan fingerprint density at radius 3 is 2.00 bits per heavy atom. The third-order valence-electron chi connectivity index (χ3n) is 7.05. The molecule has 0 saturated heterocycles. The summed E-state index contributed by atoms with van der Waals surface area (Å²) in [7, 11) is 0. The lowest BCUT2D eigenvalue weighted by molar-refractivity contribution is -0.137. The first-order valence-corrected chi connectivity index (χ1v) is 12.4. The van der Waals surface area contributed by atoms with Gasteiger partial charge in [-0.05, 0) is 66.8 Å². The van der Waals surface area contributed by atoms with Crippen LogP contribution in [-0.2, 0) is 6.18 Å². The molecule has 0 unspecified atom stereocenters. The average molecular weight is 449 g/mol. The third kappa shape index (κ3) is 7.08. The van der Waals surface area contributed by atoms with Crippen molar-refractivity contribution >= 4 is 0 Å². The largest absolute Gasteiger partial charge is 0.416 e. The summed E-state index contributed by atoms with van der Waals surface area (Å²) in [6, 6.07) is 9.97. The zero-order valence-electron chi connectivity index (χ0n) is 19.2. The number of hydrogen-bond acceptors (Lipinski definition) is 0. The molecule has 0 heterocycles. The molecule has 1 fully saturated rings. The Morgan fingerprint density at radius 2 is 1.41 bits per heavy atom. The van der Waals surface area contributed by atoms with Crippen LogP contribution in [0.1, 0.15) is 101 Å². The number of halogens is 4. The van der Waals surface area contributed by atoms with Crippen LogP contribution in [-0.4, -0.2) is 0 Å². The highest BCUT2D eigenvalue weighted by Gasteiger charge is 2.30. The summed E-state index contributed by atoms with van der Waals surface area (Å²) in [5.41, 5.74) is 1.13. The molecule has 0 N–H and O–H groups in total. The molecule has 0 amide bonds. The smallest absolute Gasteiger partial charge is 0.206 e. The Balaban J connectivity index is 1.48. The molecule has 0 atom stereocenters. The topological polar surface area (TPSA) is 0 Å². The quantitative estimate of drug-likeness (QED) is 0.250. The summed E-state index contributed by atoms with van der Waals surface area (Å²) >= 11 is 0. The molecule has 0 bridgehead atoms. The van der Waals surface area contributed by atoms with E-state index in [1.54, 1.807) is 12.1 Å². The van der Waals surface area contributed by atoms with Crippen molar-refractivity contribution in [3.05, 3.63) is 59.4 Å². The predicted molar refractivity (Wildman–Crippen MR) is 124 cm³/mol. The Bertz CT molecular complexity index is 814. The number of rotatable bonds is 10. The molecule has 0 radical (unpaired) electrons. The van der Waals surface area contributed by atoms with E-state index in [1.165, 1.54) is 76.3 Å². The standard InChI is InChI=1S/C28H36F4/c1-2-3-4-5-6-7-8-9-21-10-12-22(13-11-21)24-16-19-26(27(29)20-24)23-14-17-25(18-15-23)28(30,31)32/h14-22H,2-13H2,1H3/t21-,22-. The minimum atomic E-state index is -4.38. The fourth-order valence-corrected chi connectivity index (χ4v) is 5.03. The van der Waals surface area contributed by atoms with Gasteiger partial charge in [-0.25, -0.2) is 4.39 Å². The monoisotopic (exact) mass is 448 g/mol. The van der Waals surface area contributed by atoms with Gasteiger partial charge in [0.2, 0.25) is 0 Å². The van der Waals surface area contributed by atoms with Crippen LogP contribution in [0.4, 0.5) is 17.6 Å². The summed E-state index contributed by atoms with van der Waals surface area (Å²) in [5.74, 6) is 0.835.